The smallest absolute Gasteiger partial charge is 0.323 e. The van der Waals surface area contributed by atoms with Gasteiger partial charge in [0.05, 0.1) is 53.5 Å². The zero-order chi connectivity index (χ0) is 85.1. The molecule has 7 rings (SSSR count). The van der Waals surface area contributed by atoms with Crippen LogP contribution in [0.1, 0.15) is 165 Å². The Hall–Kier alpha value is -7.86. The molecule has 0 bridgehead atoms. The molecular formula is C84H123N4O20P5. The first-order valence-electron chi connectivity index (χ1n) is 38.1. The second kappa shape index (κ2) is 47.9. The molecule has 0 saturated carbocycles. The van der Waals surface area contributed by atoms with Gasteiger partial charge in [0.1, 0.15) is 59.5 Å². The van der Waals surface area contributed by atoms with Gasteiger partial charge in [0.25, 0.3) is 7.37 Å². The summed E-state index contributed by atoms with van der Waals surface area (Å²) in [6, 6.07) is 55.9. The number of benzene rings is 7. The Morgan fingerprint density at radius 3 is 0.912 bits per heavy atom. The van der Waals surface area contributed by atoms with E-state index in [0.717, 1.165) is 16.3 Å². The summed E-state index contributed by atoms with van der Waals surface area (Å²) >= 11 is 0. The van der Waals surface area contributed by atoms with Gasteiger partial charge in [-0.1, -0.05) is 223 Å². The number of nitrogens with one attached hydrogen (secondary N) is 4. The van der Waals surface area contributed by atoms with Crippen molar-refractivity contribution in [2.75, 3.05) is 12.8 Å². The van der Waals surface area contributed by atoms with Crippen molar-refractivity contribution in [2.24, 2.45) is 5.92 Å². The highest BCUT2D eigenvalue weighted by Gasteiger charge is 2.43. The molecule has 7 aromatic rings. The van der Waals surface area contributed by atoms with Gasteiger partial charge in [0.15, 0.2) is 0 Å². The van der Waals surface area contributed by atoms with E-state index in [4.69, 9.17) is 46.3 Å². The number of ether oxygens (including phenoxy) is 5. The van der Waals surface area contributed by atoms with Gasteiger partial charge in [0, 0.05) is 16.7 Å². The van der Waals surface area contributed by atoms with Crippen LogP contribution in [0.3, 0.4) is 0 Å². The molecule has 3 unspecified atom stereocenters. The number of hydrogen-bond acceptors (Lipinski definition) is 20. The standard InChI is InChI=1S/C25H29O4P.3C15H24NO4P.C14H22NO4P/c1-19(24(26)28-17-20-11-6-5-7-12-20)18-30(27,25(2,3)4)29-23-16-10-14-21-13-8-9-15-22(21)23;3*1-11(2)19-15(17)13(5)16-21(18,12(3)4)20-14-9-7-6-8-10-14;1-5-18-14(16)12(4)15-20(17,11(2)3)19-13-9-7-6-8-10-13/h5-16,19H,17-18H2,1-4H3;3*6-13H,1-5H3,(H,16,18);6-12H,5H2,1-4H3,(H,15,17)/t19-,30?;13-,21?;13-,21+;13-,21-;12-,20?/m11110/s1. The Morgan fingerprint density at radius 2 is 0.619 bits per heavy atom. The zero-order valence-electron chi connectivity index (χ0n) is 69.9. The number of carbonyl (C=O) groups is 5. The number of fused-ring (bicyclic) bond motifs is 1. The number of carbonyl (C=O) groups excluding carboxylic acids is 5. The molecule has 624 valence electrons. The summed E-state index contributed by atoms with van der Waals surface area (Å²) in [4.78, 5) is 59.8. The molecule has 10 atom stereocenters. The monoisotopic (exact) mass is 1660 g/mol. The predicted octanol–water partition coefficient (Wildman–Crippen LogP) is 20.7. The second-order valence-corrected chi connectivity index (χ2v) is 43.5. The lowest BCUT2D eigenvalue weighted by Crippen LogP contribution is -2.37. The molecule has 0 spiro atoms. The van der Waals surface area contributed by atoms with Crippen molar-refractivity contribution in [1.29, 1.82) is 0 Å². The van der Waals surface area contributed by atoms with Crippen LogP contribution in [-0.2, 0) is 77.1 Å². The van der Waals surface area contributed by atoms with E-state index in [1.165, 1.54) is 0 Å². The quantitative estimate of drug-likeness (QED) is 0.0163. The van der Waals surface area contributed by atoms with Crippen molar-refractivity contribution in [3.05, 3.63) is 200 Å². The predicted molar refractivity (Wildman–Crippen MR) is 452 cm³/mol. The molecule has 0 saturated heterocycles. The van der Waals surface area contributed by atoms with Crippen LogP contribution in [0.25, 0.3) is 10.8 Å². The largest absolute Gasteiger partial charge is 0.465 e. The maximum absolute atomic E-state index is 14.0. The van der Waals surface area contributed by atoms with E-state index in [1.54, 1.807) is 236 Å². The third-order valence-electron chi connectivity index (χ3n) is 16.1. The van der Waals surface area contributed by atoms with Crippen LogP contribution in [0.15, 0.2) is 194 Å². The molecule has 24 nitrogen and oxygen atoms in total. The van der Waals surface area contributed by atoms with Crippen LogP contribution in [0.5, 0.6) is 28.7 Å². The van der Waals surface area contributed by atoms with Gasteiger partial charge in [-0.25, -0.2) is 20.3 Å². The first-order valence-corrected chi connectivity index (χ1v) is 46.6. The highest BCUT2D eigenvalue weighted by atomic mass is 31.2. The Balaban J connectivity index is 0.000000370. The maximum Gasteiger partial charge on any atom is 0.323 e. The van der Waals surface area contributed by atoms with Crippen LogP contribution in [0, 0.1) is 5.92 Å². The lowest BCUT2D eigenvalue weighted by atomic mass is 10.1. The minimum Gasteiger partial charge on any atom is -0.465 e. The summed E-state index contributed by atoms with van der Waals surface area (Å²) < 4.78 is 120. The van der Waals surface area contributed by atoms with Crippen molar-refractivity contribution in [3.8, 4) is 28.7 Å². The van der Waals surface area contributed by atoms with E-state index in [-0.39, 0.29) is 66.3 Å². The fraction of sp³-hybridized carbons (Fsp3) is 0.464. The molecule has 0 radical (unpaired) electrons. The minimum absolute atomic E-state index is 0.118. The van der Waals surface area contributed by atoms with Gasteiger partial charge in [-0.15, -0.1) is 0 Å². The van der Waals surface area contributed by atoms with E-state index in [2.05, 4.69) is 20.3 Å². The molecule has 0 heterocycles. The summed E-state index contributed by atoms with van der Waals surface area (Å²) in [7, 11) is -16.1. The van der Waals surface area contributed by atoms with Crippen LogP contribution in [0.4, 0.5) is 0 Å². The maximum atomic E-state index is 14.0. The van der Waals surface area contributed by atoms with E-state index >= 15 is 0 Å². The van der Waals surface area contributed by atoms with Gasteiger partial charge < -0.3 is 46.3 Å². The van der Waals surface area contributed by atoms with Crippen LogP contribution >= 0.6 is 37.4 Å². The fourth-order valence-corrected chi connectivity index (χ4v) is 18.2. The van der Waals surface area contributed by atoms with Crippen LogP contribution in [-0.4, -0.2) is 113 Å². The summed E-state index contributed by atoms with van der Waals surface area (Å²) in [5, 5.41) is 12.5. The van der Waals surface area contributed by atoms with Crippen molar-refractivity contribution in [2.45, 2.75) is 236 Å². The van der Waals surface area contributed by atoms with Crippen molar-refractivity contribution >= 4 is 78.1 Å². The molecule has 4 N–H and O–H groups in total. The molecule has 113 heavy (non-hydrogen) atoms. The van der Waals surface area contributed by atoms with E-state index < -0.39 is 96.6 Å². The second-order valence-electron chi connectivity index (χ2n) is 29.6. The minimum atomic E-state index is -3.24. The van der Waals surface area contributed by atoms with E-state index in [0.29, 0.717) is 28.7 Å². The normalized spacial score (nSPS) is 15.3. The number of esters is 5. The van der Waals surface area contributed by atoms with Gasteiger partial charge in [0.2, 0.25) is 0 Å². The average Bonchev–Trinajstić information content (AvgIpc) is 0.788. The van der Waals surface area contributed by atoms with Crippen LogP contribution < -0.4 is 43.0 Å². The van der Waals surface area contributed by atoms with Crippen LogP contribution in [0.2, 0.25) is 0 Å². The van der Waals surface area contributed by atoms with E-state index in [9.17, 15) is 46.8 Å². The average molecular weight is 1660 g/mol. The number of para-hydroxylation sites is 4. The molecule has 0 amide bonds. The molecular weight excluding hydrogens is 1540 g/mol. The third kappa shape index (κ3) is 35.0. The highest BCUT2D eigenvalue weighted by Crippen LogP contribution is 2.60. The fourth-order valence-electron chi connectivity index (χ4n) is 9.42. The lowest BCUT2D eigenvalue weighted by molar-refractivity contribution is -0.149. The molecule has 0 aliphatic rings. The van der Waals surface area contributed by atoms with Gasteiger partial charge in [-0.05, 0) is 142 Å². The number of hydrogen-bond donors (Lipinski definition) is 4. The molecule has 0 aromatic heterocycles. The van der Waals surface area contributed by atoms with Gasteiger partial charge in [-0.3, -0.25) is 46.8 Å². The first-order chi connectivity index (χ1) is 52.8. The summed E-state index contributed by atoms with van der Waals surface area (Å²) in [5.74, 6) is -0.0788. The van der Waals surface area contributed by atoms with Crippen molar-refractivity contribution in [1.82, 2.24) is 20.3 Å². The Bertz CT molecular complexity index is 4040. The molecule has 29 heteroatoms. The van der Waals surface area contributed by atoms with E-state index in [1.807, 2.05) is 118 Å². The Morgan fingerprint density at radius 1 is 0.336 bits per heavy atom. The molecule has 7 aromatic carbocycles. The Labute approximate surface area is 671 Å². The Kier molecular flexibility index (Phi) is 42.1. The van der Waals surface area contributed by atoms with Crippen molar-refractivity contribution in [3.63, 3.8) is 0 Å². The first kappa shape index (κ1) is 99.3. The molecule has 0 aliphatic carbocycles. The summed E-state index contributed by atoms with van der Waals surface area (Å²) in [6.45, 7) is 41.0. The van der Waals surface area contributed by atoms with Crippen molar-refractivity contribution < 1.29 is 93.1 Å². The van der Waals surface area contributed by atoms with Gasteiger partial charge >= 0.3 is 59.9 Å². The molecule has 0 aliphatic heterocycles. The topological polar surface area (TPSA) is 311 Å². The van der Waals surface area contributed by atoms with Gasteiger partial charge in [-0.2, -0.15) is 0 Å². The SMILES string of the molecule is CC(C)OC(=O)[C@@H](C)NP(=O)(Oc1ccccc1)C(C)C.CC(C)OC(=O)[C@@H](C)N[P@@](=O)(Oc1ccccc1)C(C)C.CC(C)OC(=O)[C@@H](C)N[P@](=O)(Oc1ccccc1)C(C)C.CCOC(=O)[C@H](C)NP(=O)(Oc1ccccc1)C(C)C.C[C@H](CP(=O)(Oc1cccc2ccccc12)C(C)(C)C)C(=O)OCc1ccccc1. The number of rotatable bonds is 35. The summed E-state index contributed by atoms with van der Waals surface area (Å²) in [6.07, 6.45) is -0.520. The summed E-state index contributed by atoms with van der Waals surface area (Å²) in [5.41, 5.74) is -0.158. The molecule has 0 fully saturated rings. The third-order valence-corrected chi connectivity index (χ3v) is 30.0. The highest BCUT2D eigenvalue weighted by molar-refractivity contribution is 7.61. The lowest BCUT2D eigenvalue weighted by Gasteiger charge is -2.33. The zero-order valence-corrected chi connectivity index (χ0v) is 74.4.